The average Bonchev–Trinajstić information content (AvgIpc) is 2.92. The molecule has 4 nitrogen and oxygen atoms in total. The number of aromatic nitrogens is 2. The van der Waals surface area contributed by atoms with Crippen molar-refractivity contribution in [2.45, 2.75) is 32.5 Å². The highest BCUT2D eigenvalue weighted by Gasteiger charge is 2.30. The van der Waals surface area contributed by atoms with Gasteiger partial charge in [-0.15, -0.1) is 0 Å². The molecule has 0 saturated carbocycles. The number of rotatable bonds is 5. The summed E-state index contributed by atoms with van der Waals surface area (Å²) in [5.74, 6) is 0.00186. The van der Waals surface area contributed by atoms with Gasteiger partial charge in [0.15, 0.2) is 0 Å². The Kier molecular flexibility index (Phi) is 4.97. The predicted molar refractivity (Wildman–Crippen MR) is 93.8 cm³/mol. The summed E-state index contributed by atoms with van der Waals surface area (Å²) in [6, 6.07) is 12.3. The Labute approximate surface area is 148 Å². The van der Waals surface area contributed by atoms with E-state index >= 15 is 0 Å². The smallest absolute Gasteiger partial charge is 0.310 e. The van der Waals surface area contributed by atoms with Crippen LogP contribution in [0.2, 0.25) is 0 Å². The highest BCUT2D eigenvalue weighted by atomic mass is 19.4. The lowest BCUT2D eigenvalue weighted by Crippen LogP contribution is -2.18. The van der Waals surface area contributed by atoms with Crippen LogP contribution in [0.1, 0.15) is 24.5 Å². The molecular weight excluding hydrogens is 343 g/mol. The van der Waals surface area contributed by atoms with Crippen molar-refractivity contribution in [2.24, 2.45) is 0 Å². The summed E-state index contributed by atoms with van der Waals surface area (Å²) in [5, 5.41) is 2.72. The Morgan fingerprint density at radius 2 is 1.92 bits per heavy atom. The molecule has 7 heteroatoms. The fourth-order valence-corrected chi connectivity index (χ4v) is 2.83. The molecule has 0 fully saturated rings. The summed E-state index contributed by atoms with van der Waals surface area (Å²) >= 11 is 0. The van der Waals surface area contributed by atoms with Crippen LogP contribution >= 0.6 is 0 Å². The SMILES string of the molecule is CCCn1c(NC(=O)Cc2cccc(C(F)(F)F)c2)nc2ccccc21. The molecule has 0 aliphatic carbocycles. The molecule has 1 N–H and O–H groups in total. The predicted octanol–water partition coefficient (Wildman–Crippen LogP) is 4.65. The van der Waals surface area contributed by atoms with Crippen molar-refractivity contribution < 1.29 is 18.0 Å². The fraction of sp³-hybridized carbons (Fsp3) is 0.263. The number of fused-ring (bicyclic) bond motifs is 1. The molecule has 136 valence electrons. The van der Waals surface area contributed by atoms with Crippen LogP contribution in [0.5, 0.6) is 0 Å². The molecule has 0 aliphatic rings. The van der Waals surface area contributed by atoms with Crippen molar-refractivity contribution in [1.82, 2.24) is 9.55 Å². The standard InChI is InChI=1S/C19H18F3N3O/c1-2-10-25-16-9-4-3-8-15(16)23-18(25)24-17(26)12-13-6-5-7-14(11-13)19(20,21)22/h3-9,11H,2,10,12H2,1H3,(H,23,24,26). The average molecular weight is 361 g/mol. The minimum Gasteiger partial charge on any atom is -0.310 e. The van der Waals surface area contributed by atoms with Crippen molar-refractivity contribution in [2.75, 3.05) is 5.32 Å². The first-order valence-corrected chi connectivity index (χ1v) is 8.29. The van der Waals surface area contributed by atoms with Gasteiger partial charge in [0.2, 0.25) is 11.9 Å². The number of hydrogen-bond donors (Lipinski definition) is 1. The molecule has 0 spiro atoms. The lowest BCUT2D eigenvalue weighted by Gasteiger charge is -2.10. The molecular formula is C19H18F3N3O. The minimum absolute atomic E-state index is 0.154. The van der Waals surface area contributed by atoms with Gasteiger partial charge in [-0.2, -0.15) is 13.2 Å². The monoisotopic (exact) mass is 361 g/mol. The number of aryl methyl sites for hydroxylation is 1. The molecule has 0 bridgehead atoms. The summed E-state index contributed by atoms with van der Waals surface area (Å²) in [7, 11) is 0. The first-order chi connectivity index (χ1) is 12.4. The van der Waals surface area contributed by atoms with E-state index in [4.69, 9.17) is 0 Å². The second-order valence-electron chi connectivity index (χ2n) is 6.00. The number of alkyl halides is 3. The molecule has 0 saturated heterocycles. The highest BCUT2D eigenvalue weighted by Crippen LogP contribution is 2.29. The number of carbonyl (C=O) groups is 1. The maximum absolute atomic E-state index is 12.8. The van der Waals surface area contributed by atoms with Gasteiger partial charge in [-0.05, 0) is 30.2 Å². The summed E-state index contributed by atoms with van der Waals surface area (Å²) in [6.07, 6.45) is -3.72. The fourth-order valence-electron chi connectivity index (χ4n) is 2.83. The van der Waals surface area contributed by atoms with Gasteiger partial charge in [0.1, 0.15) is 0 Å². The van der Waals surface area contributed by atoms with Crippen molar-refractivity contribution in [3.8, 4) is 0 Å². The molecule has 1 amide bonds. The van der Waals surface area contributed by atoms with Gasteiger partial charge >= 0.3 is 6.18 Å². The van der Waals surface area contributed by atoms with Gasteiger partial charge in [-0.1, -0.05) is 37.3 Å². The van der Waals surface area contributed by atoms with Crippen LogP contribution in [0.4, 0.5) is 19.1 Å². The third-order valence-electron chi connectivity index (χ3n) is 3.97. The zero-order chi connectivity index (χ0) is 18.7. The van der Waals surface area contributed by atoms with Gasteiger partial charge in [0, 0.05) is 6.54 Å². The van der Waals surface area contributed by atoms with E-state index in [1.165, 1.54) is 12.1 Å². The second-order valence-corrected chi connectivity index (χ2v) is 6.00. The van der Waals surface area contributed by atoms with Crippen LogP contribution in [0.15, 0.2) is 48.5 Å². The number of imidazole rings is 1. The van der Waals surface area contributed by atoms with E-state index in [2.05, 4.69) is 10.3 Å². The van der Waals surface area contributed by atoms with Gasteiger partial charge in [0.05, 0.1) is 23.0 Å². The maximum atomic E-state index is 12.8. The highest BCUT2D eigenvalue weighted by molar-refractivity contribution is 5.92. The number of para-hydroxylation sites is 2. The Balaban J connectivity index is 1.80. The van der Waals surface area contributed by atoms with E-state index in [9.17, 15) is 18.0 Å². The van der Waals surface area contributed by atoms with Crippen molar-refractivity contribution in [3.63, 3.8) is 0 Å². The lowest BCUT2D eigenvalue weighted by atomic mass is 10.1. The van der Waals surface area contributed by atoms with E-state index in [-0.39, 0.29) is 6.42 Å². The van der Waals surface area contributed by atoms with Crippen molar-refractivity contribution in [3.05, 3.63) is 59.7 Å². The number of nitrogens with zero attached hydrogens (tertiary/aromatic N) is 2. The lowest BCUT2D eigenvalue weighted by molar-refractivity contribution is -0.137. The third-order valence-corrected chi connectivity index (χ3v) is 3.97. The number of nitrogens with one attached hydrogen (secondary N) is 1. The Hall–Kier alpha value is -2.83. The van der Waals surface area contributed by atoms with Gasteiger partial charge < -0.3 is 4.57 Å². The topological polar surface area (TPSA) is 46.9 Å². The van der Waals surface area contributed by atoms with E-state index < -0.39 is 17.6 Å². The normalized spacial score (nSPS) is 11.7. The molecule has 1 heterocycles. The molecule has 0 atom stereocenters. The van der Waals surface area contributed by atoms with Crippen molar-refractivity contribution >= 4 is 22.9 Å². The van der Waals surface area contributed by atoms with Crippen molar-refractivity contribution in [1.29, 1.82) is 0 Å². The molecule has 1 aromatic heterocycles. The largest absolute Gasteiger partial charge is 0.416 e. The van der Waals surface area contributed by atoms with Gasteiger partial charge in [-0.25, -0.2) is 4.98 Å². The number of amides is 1. The van der Waals surface area contributed by atoms with Crippen LogP contribution in [0.25, 0.3) is 11.0 Å². The molecule has 0 radical (unpaired) electrons. The molecule has 26 heavy (non-hydrogen) atoms. The zero-order valence-corrected chi connectivity index (χ0v) is 14.2. The van der Waals surface area contributed by atoms with E-state index in [1.54, 1.807) is 0 Å². The summed E-state index contributed by atoms with van der Waals surface area (Å²) in [5.41, 5.74) is 1.20. The van der Waals surface area contributed by atoms with Gasteiger partial charge in [-0.3, -0.25) is 10.1 Å². The van der Waals surface area contributed by atoms with Crippen LogP contribution in [0, 0.1) is 0 Å². The van der Waals surface area contributed by atoms with E-state index in [1.807, 2.05) is 35.8 Å². The summed E-state index contributed by atoms with van der Waals surface area (Å²) in [6.45, 7) is 2.70. The van der Waals surface area contributed by atoms with Crippen LogP contribution in [-0.4, -0.2) is 15.5 Å². The molecule has 3 aromatic rings. The third kappa shape index (κ3) is 3.87. The maximum Gasteiger partial charge on any atom is 0.416 e. The summed E-state index contributed by atoms with van der Waals surface area (Å²) in [4.78, 5) is 16.8. The Morgan fingerprint density at radius 1 is 1.15 bits per heavy atom. The van der Waals surface area contributed by atoms with E-state index in [0.29, 0.717) is 18.1 Å². The number of anilines is 1. The van der Waals surface area contributed by atoms with Gasteiger partial charge in [0.25, 0.3) is 0 Å². The number of carbonyl (C=O) groups excluding carboxylic acids is 1. The molecule has 2 aromatic carbocycles. The molecule has 3 rings (SSSR count). The number of benzene rings is 2. The first kappa shape index (κ1) is 18.0. The van der Waals surface area contributed by atoms with E-state index in [0.717, 1.165) is 29.6 Å². The Morgan fingerprint density at radius 3 is 2.65 bits per heavy atom. The van der Waals surface area contributed by atoms with Crippen LogP contribution in [0.3, 0.4) is 0 Å². The first-order valence-electron chi connectivity index (χ1n) is 8.29. The second kappa shape index (κ2) is 7.19. The number of hydrogen-bond acceptors (Lipinski definition) is 2. The quantitative estimate of drug-likeness (QED) is 0.719. The van der Waals surface area contributed by atoms with Crippen LogP contribution < -0.4 is 5.32 Å². The van der Waals surface area contributed by atoms with Crippen LogP contribution in [-0.2, 0) is 23.9 Å². The summed E-state index contributed by atoms with van der Waals surface area (Å²) < 4.78 is 40.3. The number of halogens is 3. The molecule has 0 unspecified atom stereocenters. The zero-order valence-electron chi connectivity index (χ0n) is 14.2. The molecule has 0 aliphatic heterocycles. The minimum atomic E-state index is -4.43. The Bertz CT molecular complexity index is 931.